The van der Waals surface area contributed by atoms with Crippen molar-refractivity contribution in [2.45, 2.75) is 19.4 Å². The SMILES string of the molecule is O=C(CCCn1c(O)ccc1O)Oc1ccc2ccc3cccc4ccc1c2c34. The van der Waals surface area contributed by atoms with E-state index in [0.717, 1.165) is 26.9 Å². The monoisotopic (exact) mass is 385 g/mol. The summed E-state index contributed by atoms with van der Waals surface area (Å²) in [7, 11) is 0. The smallest absolute Gasteiger partial charge is 0.311 e. The first kappa shape index (κ1) is 17.4. The van der Waals surface area contributed by atoms with Crippen LogP contribution < -0.4 is 4.74 Å². The third-order valence-electron chi connectivity index (χ3n) is 5.41. The van der Waals surface area contributed by atoms with E-state index in [1.54, 1.807) is 0 Å². The molecule has 0 aliphatic rings. The van der Waals surface area contributed by atoms with Crippen LogP contribution in [0.3, 0.4) is 0 Å². The van der Waals surface area contributed by atoms with Gasteiger partial charge in [0.1, 0.15) is 5.75 Å². The lowest BCUT2D eigenvalue weighted by Crippen LogP contribution is -2.09. The van der Waals surface area contributed by atoms with Crippen LogP contribution in [-0.4, -0.2) is 20.7 Å². The summed E-state index contributed by atoms with van der Waals surface area (Å²) in [5.74, 6) is 0.156. The fraction of sp³-hybridized carbons (Fsp3) is 0.125. The Labute approximate surface area is 166 Å². The Morgan fingerprint density at radius 1 is 0.793 bits per heavy atom. The highest BCUT2D eigenvalue weighted by molar-refractivity contribution is 6.24. The van der Waals surface area contributed by atoms with Gasteiger partial charge in [-0.2, -0.15) is 0 Å². The molecule has 1 heterocycles. The Morgan fingerprint density at radius 2 is 1.41 bits per heavy atom. The van der Waals surface area contributed by atoms with E-state index in [-0.39, 0.29) is 24.2 Å². The molecule has 0 saturated carbocycles. The molecule has 4 aromatic carbocycles. The summed E-state index contributed by atoms with van der Waals surface area (Å²) in [5, 5.41) is 26.0. The maximum atomic E-state index is 12.4. The van der Waals surface area contributed by atoms with Crippen molar-refractivity contribution in [2.24, 2.45) is 0 Å². The van der Waals surface area contributed by atoms with E-state index >= 15 is 0 Å². The predicted molar refractivity (Wildman–Crippen MR) is 113 cm³/mol. The zero-order chi connectivity index (χ0) is 20.0. The summed E-state index contributed by atoms with van der Waals surface area (Å²) in [6.07, 6.45) is 0.625. The van der Waals surface area contributed by atoms with E-state index in [1.807, 2.05) is 24.3 Å². The molecule has 0 bridgehead atoms. The normalized spacial score (nSPS) is 11.6. The van der Waals surface area contributed by atoms with E-state index in [2.05, 4.69) is 30.3 Å². The van der Waals surface area contributed by atoms with Crippen LogP contribution in [0.25, 0.3) is 32.3 Å². The fourth-order valence-corrected chi connectivity index (χ4v) is 4.03. The quantitative estimate of drug-likeness (QED) is 0.248. The summed E-state index contributed by atoms with van der Waals surface area (Å²) in [4.78, 5) is 12.4. The van der Waals surface area contributed by atoms with E-state index in [1.165, 1.54) is 22.1 Å². The van der Waals surface area contributed by atoms with Gasteiger partial charge in [0.25, 0.3) is 0 Å². The Hall–Kier alpha value is -3.73. The van der Waals surface area contributed by atoms with Crippen molar-refractivity contribution >= 4 is 38.3 Å². The number of benzene rings is 4. The lowest BCUT2D eigenvalue weighted by atomic mass is 9.94. The first-order valence-corrected chi connectivity index (χ1v) is 9.56. The molecule has 0 saturated heterocycles. The Kier molecular flexibility index (Phi) is 4.02. The van der Waals surface area contributed by atoms with Gasteiger partial charge in [0, 0.05) is 35.9 Å². The minimum Gasteiger partial charge on any atom is -0.494 e. The maximum absolute atomic E-state index is 12.4. The first-order valence-electron chi connectivity index (χ1n) is 9.56. The fourth-order valence-electron chi connectivity index (χ4n) is 4.03. The van der Waals surface area contributed by atoms with Gasteiger partial charge < -0.3 is 14.9 Å². The number of esters is 1. The summed E-state index contributed by atoms with van der Waals surface area (Å²) in [6.45, 7) is 0.332. The highest BCUT2D eigenvalue weighted by atomic mass is 16.5. The molecule has 0 fully saturated rings. The molecule has 0 atom stereocenters. The van der Waals surface area contributed by atoms with Crippen LogP contribution in [0.5, 0.6) is 17.5 Å². The number of ether oxygens (including phenoxy) is 1. The van der Waals surface area contributed by atoms with Crippen LogP contribution in [-0.2, 0) is 11.3 Å². The lowest BCUT2D eigenvalue weighted by molar-refractivity contribution is -0.134. The topological polar surface area (TPSA) is 71.7 Å². The van der Waals surface area contributed by atoms with Gasteiger partial charge in [-0.15, -0.1) is 0 Å². The molecule has 144 valence electrons. The van der Waals surface area contributed by atoms with Crippen molar-refractivity contribution < 1.29 is 19.7 Å². The molecule has 0 radical (unpaired) electrons. The van der Waals surface area contributed by atoms with Crippen molar-refractivity contribution in [3.05, 3.63) is 66.7 Å². The Bertz CT molecular complexity index is 1320. The molecule has 0 spiro atoms. The number of carbonyl (C=O) groups is 1. The van der Waals surface area contributed by atoms with Gasteiger partial charge in [0.05, 0.1) is 0 Å². The van der Waals surface area contributed by atoms with Crippen LogP contribution in [0.15, 0.2) is 66.7 Å². The van der Waals surface area contributed by atoms with Gasteiger partial charge in [-0.3, -0.25) is 9.36 Å². The third-order valence-corrected chi connectivity index (χ3v) is 5.41. The lowest BCUT2D eigenvalue weighted by Gasteiger charge is -2.14. The summed E-state index contributed by atoms with van der Waals surface area (Å²) in [6, 6.07) is 21.1. The van der Waals surface area contributed by atoms with Gasteiger partial charge in [-0.1, -0.05) is 42.5 Å². The molecule has 5 rings (SSSR count). The molecular weight excluding hydrogens is 366 g/mol. The zero-order valence-corrected chi connectivity index (χ0v) is 15.6. The molecule has 1 aromatic heterocycles. The van der Waals surface area contributed by atoms with E-state index in [9.17, 15) is 15.0 Å². The number of nitrogens with zero attached hydrogens (tertiary/aromatic N) is 1. The van der Waals surface area contributed by atoms with Gasteiger partial charge in [0.2, 0.25) is 0 Å². The van der Waals surface area contributed by atoms with Gasteiger partial charge >= 0.3 is 5.97 Å². The summed E-state index contributed by atoms with van der Waals surface area (Å²) >= 11 is 0. The minimum atomic E-state index is -0.342. The summed E-state index contributed by atoms with van der Waals surface area (Å²) in [5.41, 5.74) is 0. The number of aromatic hydroxyl groups is 2. The van der Waals surface area contributed by atoms with Crippen molar-refractivity contribution in [1.29, 1.82) is 0 Å². The molecule has 5 nitrogen and oxygen atoms in total. The molecular formula is C24H19NO4. The van der Waals surface area contributed by atoms with Crippen LogP contribution in [0, 0.1) is 0 Å². The van der Waals surface area contributed by atoms with E-state index < -0.39 is 0 Å². The van der Waals surface area contributed by atoms with Crippen molar-refractivity contribution in [3.8, 4) is 17.5 Å². The average molecular weight is 385 g/mol. The van der Waals surface area contributed by atoms with Gasteiger partial charge in [0.15, 0.2) is 11.8 Å². The number of rotatable bonds is 5. The molecule has 0 aliphatic heterocycles. The van der Waals surface area contributed by atoms with Crippen molar-refractivity contribution in [1.82, 2.24) is 4.57 Å². The average Bonchev–Trinajstić information content (AvgIpc) is 3.05. The number of hydrogen-bond acceptors (Lipinski definition) is 4. The van der Waals surface area contributed by atoms with Crippen LogP contribution in [0.4, 0.5) is 0 Å². The molecule has 29 heavy (non-hydrogen) atoms. The van der Waals surface area contributed by atoms with Crippen molar-refractivity contribution in [3.63, 3.8) is 0 Å². The van der Waals surface area contributed by atoms with Crippen LogP contribution >= 0.6 is 0 Å². The highest BCUT2D eigenvalue weighted by Crippen LogP contribution is 2.38. The standard InChI is InChI=1S/C24H19NO4/c26-20-12-13-21(27)25(20)14-2-5-22(28)29-19-11-9-17-7-6-15-3-1-4-16-8-10-18(19)24(17)23(15)16/h1,3-4,6-13,26-27H,2,5,14H2. The van der Waals surface area contributed by atoms with Crippen molar-refractivity contribution in [2.75, 3.05) is 0 Å². The second-order valence-corrected chi connectivity index (χ2v) is 7.20. The maximum Gasteiger partial charge on any atom is 0.311 e. The first-order chi connectivity index (χ1) is 14.1. The molecule has 0 aliphatic carbocycles. The predicted octanol–water partition coefficient (Wildman–Crippen LogP) is 5.18. The van der Waals surface area contributed by atoms with Gasteiger partial charge in [-0.25, -0.2) is 0 Å². The Balaban J connectivity index is 1.41. The summed E-state index contributed by atoms with van der Waals surface area (Å²) < 4.78 is 7.03. The molecule has 0 unspecified atom stereocenters. The number of aromatic nitrogens is 1. The molecule has 0 amide bonds. The van der Waals surface area contributed by atoms with E-state index in [4.69, 9.17) is 4.74 Å². The number of hydrogen-bond donors (Lipinski definition) is 2. The third kappa shape index (κ3) is 2.91. The molecule has 5 aromatic rings. The largest absolute Gasteiger partial charge is 0.494 e. The van der Waals surface area contributed by atoms with Crippen LogP contribution in [0.2, 0.25) is 0 Å². The minimum absolute atomic E-state index is 0.0253. The number of carbonyl (C=O) groups excluding carboxylic acids is 1. The second kappa shape index (κ2) is 6.71. The molecule has 2 N–H and O–H groups in total. The zero-order valence-electron chi connectivity index (χ0n) is 15.6. The second-order valence-electron chi connectivity index (χ2n) is 7.20. The molecule has 5 heteroatoms. The van der Waals surface area contributed by atoms with Crippen LogP contribution in [0.1, 0.15) is 12.8 Å². The van der Waals surface area contributed by atoms with E-state index in [0.29, 0.717) is 18.7 Å². The van der Waals surface area contributed by atoms with Gasteiger partial charge in [-0.05, 0) is 40.1 Å². The Morgan fingerprint density at radius 3 is 2.14 bits per heavy atom. The highest BCUT2D eigenvalue weighted by Gasteiger charge is 2.14.